The number of aromatic nitrogens is 4. The van der Waals surface area contributed by atoms with Crippen LogP contribution in [0.3, 0.4) is 0 Å². The van der Waals surface area contributed by atoms with E-state index in [1.54, 1.807) is 22.7 Å². The standard InChI is InChI=1S/C46H26N4S2/c1-2-13-28(14-3-1)46-47-41-39(52-46)26-36-35-20-10-11-21-38(35)51-42(36)40(41)45-49-43(31-23-22-27-12-4-5-15-29(27)24-31)48-44(50-45)37-25-30-16-6-7-17-32(30)33-18-8-9-19-34(33)37/h1-26H. The molecule has 0 aliphatic rings. The number of thiophene rings is 1. The van der Waals surface area contributed by atoms with E-state index in [9.17, 15) is 0 Å². The van der Waals surface area contributed by atoms with Gasteiger partial charge in [-0.3, -0.25) is 0 Å². The summed E-state index contributed by atoms with van der Waals surface area (Å²) in [6.45, 7) is 0. The van der Waals surface area contributed by atoms with Gasteiger partial charge in [0.2, 0.25) is 0 Å². The molecule has 11 aromatic rings. The summed E-state index contributed by atoms with van der Waals surface area (Å²) in [6, 6.07) is 55.6. The quantitative estimate of drug-likeness (QED) is 0.172. The topological polar surface area (TPSA) is 51.6 Å². The molecule has 0 aliphatic carbocycles. The molecule has 8 aromatic carbocycles. The zero-order valence-electron chi connectivity index (χ0n) is 27.6. The molecule has 0 radical (unpaired) electrons. The van der Waals surface area contributed by atoms with Crippen LogP contribution < -0.4 is 0 Å². The first-order valence-corrected chi connectivity index (χ1v) is 18.9. The lowest BCUT2D eigenvalue weighted by atomic mass is 9.96. The third kappa shape index (κ3) is 4.65. The van der Waals surface area contributed by atoms with Crippen molar-refractivity contribution in [3.63, 3.8) is 0 Å². The molecule has 4 nitrogen and oxygen atoms in total. The van der Waals surface area contributed by atoms with Gasteiger partial charge >= 0.3 is 0 Å². The average Bonchev–Trinajstić information content (AvgIpc) is 3.81. The van der Waals surface area contributed by atoms with Crippen LogP contribution >= 0.6 is 22.7 Å². The van der Waals surface area contributed by atoms with Crippen molar-refractivity contribution in [2.75, 3.05) is 0 Å². The number of thiazole rings is 1. The summed E-state index contributed by atoms with van der Waals surface area (Å²) in [4.78, 5) is 21.4. The van der Waals surface area contributed by atoms with Gasteiger partial charge in [-0.15, -0.1) is 22.7 Å². The molecule has 0 unspecified atom stereocenters. The van der Waals surface area contributed by atoms with Crippen LogP contribution in [0, 0.1) is 0 Å². The van der Waals surface area contributed by atoms with Gasteiger partial charge in [0, 0.05) is 36.9 Å². The van der Waals surface area contributed by atoms with Crippen LogP contribution in [-0.4, -0.2) is 19.9 Å². The lowest BCUT2D eigenvalue weighted by Crippen LogP contribution is -2.01. The van der Waals surface area contributed by atoms with Gasteiger partial charge in [0.25, 0.3) is 0 Å². The van der Waals surface area contributed by atoms with E-state index in [1.807, 2.05) is 6.07 Å². The molecule has 0 bridgehead atoms. The highest BCUT2D eigenvalue weighted by atomic mass is 32.1. The summed E-state index contributed by atoms with van der Waals surface area (Å²) in [5.74, 6) is 1.89. The lowest BCUT2D eigenvalue weighted by molar-refractivity contribution is 1.08. The second kappa shape index (κ2) is 11.6. The minimum Gasteiger partial charge on any atom is -0.235 e. The smallest absolute Gasteiger partial charge is 0.167 e. The Balaban J connectivity index is 1.26. The zero-order chi connectivity index (χ0) is 34.2. The Labute approximate surface area is 306 Å². The molecule has 0 aliphatic heterocycles. The number of rotatable bonds is 4. The summed E-state index contributed by atoms with van der Waals surface area (Å²) in [7, 11) is 0. The van der Waals surface area contributed by atoms with Gasteiger partial charge in [-0.1, -0.05) is 133 Å². The van der Waals surface area contributed by atoms with Crippen LogP contribution in [0.4, 0.5) is 0 Å². The van der Waals surface area contributed by atoms with Crippen LogP contribution in [0.1, 0.15) is 0 Å². The maximum Gasteiger partial charge on any atom is 0.167 e. The van der Waals surface area contributed by atoms with Gasteiger partial charge in [0.05, 0.1) is 15.8 Å². The largest absolute Gasteiger partial charge is 0.235 e. The Kier molecular flexibility index (Phi) is 6.56. The van der Waals surface area contributed by atoms with Crippen molar-refractivity contribution in [2.24, 2.45) is 0 Å². The minimum atomic E-state index is 0.623. The molecular formula is C46H26N4S2. The summed E-state index contributed by atoms with van der Waals surface area (Å²) < 4.78 is 3.46. The molecule has 0 saturated carbocycles. The Morgan fingerprint density at radius 1 is 0.365 bits per heavy atom. The number of benzene rings is 8. The molecule has 0 saturated heterocycles. The Bertz CT molecular complexity index is 3200. The highest BCUT2D eigenvalue weighted by molar-refractivity contribution is 7.27. The van der Waals surface area contributed by atoms with E-state index in [0.29, 0.717) is 17.5 Å². The van der Waals surface area contributed by atoms with Crippen molar-refractivity contribution in [3.8, 4) is 44.7 Å². The molecule has 3 heterocycles. The number of hydrogen-bond acceptors (Lipinski definition) is 6. The minimum absolute atomic E-state index is 0.623. The predicted octanol–water partition coefficient (Wildman–Crippen LogP) is 13.0. The van der Waals surface area contributed by atoms with Gasteiger partial charge < -0.3 is 0 Å². The number of nitrogens with zero attached hydrogens (tertiary/aromatic N) is 4. The Morgan fingerprint density at radius 3 is 1.90 bits per heavy atom. The summed E-state index contributed by atoms with van der Waals surface area (Å²) >= 11 is 3.49. The summed E-state index contributed by atoms with van der Waals surface area (Å²) in [5, 5.41) is 10.3. The van der Waals surface area contributed by atoms with Crippen LogP contribution in [0.2, 0.25) is 0 Å². The molecule has 0 atom stereocenters. The first-order chi connectivity index (χ1) is 25.7. The highest BCUT2D eigenvalue weighted by Gasteiger charge is 2.23. The van der Waals surface area contributed by atoms with E-state index in [2.05, 4.69) is 152 Å². The molecule has 0 fully saturated rings. The third-order valence-electron chi connectivity index (χ3n) is 9.92. The van der Waals surface area contributed by atoms with Gasteiger partial charge in [0.15, 0.2) is 17.5 Å². The van der Waals surface area contributed by atoms with Gasteiger partial charge in [-0.05, 0) is 56.6 Å². The fourth-order valence-corrected chi connectivity index (χ4v) is 9.70. The first kappa shape index (κ1) is 29.4. The predicted molar refractivity (Wildman–Crippen MR) is 220 cm³/mol. The van der Waals surface area contributed by atoms with E-state index >= 15 is 0 Å². The second-order valence-corrected chi connectivity index (χ2v) is 15.1. The maximum atomic E-state index is 5.42. The number of fused-ring (bicyclic) bond motifs is 8. The second-order valence-electron chi connectivity index (χ2n) is 13.0. The molecule has 0 spiro atoms. The van der Waals surface area contributed by atoms with E-state index in [4.69, 9.17) is 19.9 Å². The summed E-state index contributed by atoms with van der Waals surface area (Å²) in [6.07, 6.45) is 0. The Hall–Kier alpha value is -6.34. The molecule has 242 valence electrons. The normalized spacial score (nSPS) is 11.8. The Morgan fingerprint density at radius 2 is 1.04 bits per heavy atom. The third-order valence-corrected chi connectivity index (χ3v) is 12.2. The average molecular weight is 699 g/mol. The maximum absolute atomic E-state index is 5.42. The highest BCUT2D eigenvalue weighted by Crippen LogP contribution is 2.46. The fraction of sp³-hybridized carbons (Fsp3) is 0. The van der Waals surface area contributed by atoms with Crippen molar-refractivity contribution in [1.29, 1.82) is 0 Å². The number of hydrogen-bond donors (Lipinski definition) is 0. The lowest BCUT2D eigenvalue weighted by Gasteiger charge is -2.13. The van der Waals surface area contributed by atoms with Crippen molar-refractivity contribution in [2.45, 2.75) is 0 Å². The van der Waals surface area contributed by atoms with Crippen LogP contribution in [0.25, 0.3) is 107 Å². The van der Waals surface area contributed by atoms with Crippen LogP contribution in [-0.2, 0) is 0 Å². The first-order valence-electron chi connectivity index (χ1n) is 17.2. The summed E-state index contributed by atoms with van der Waals surface area (Å²) in [5.41, 5.74) is 4.87. The van der Waals surface area contributed by atoms with E-state index in [0.717, 1.165) is 58.3 Å². The molecule has 0 amide bonds. The SMILES string of the molecule is c1ccc(-c2nc3c(-c4nc(-c5ccc6ccccc6c5)nc(-c5cc6ccccc6c6ccccc56)n4)c4sc5ccccc5c4cc3s2)cc1. The van der Waals surface area contributed by atoms with Gasteiger partial charge in [-0.2, -0.15) is 0 Å². The van der Waals surface area contributed by atoms with Crippen LogP contribution in [0.15, 0.2) is 158 Å². The van der Waals surface area contributed by atoms with E-state index in [-0.39, 0.29) is 0 Å². The zero-order valence-corrected chi connectivity index (χ0v) is 29.2. The van der Waals surface area contributed by atoms with Crippen molar-refractivity contribution in [1.82, 2.24) is 19.9 Å². The molecule has 0 N–H and O–H groups in total. The van der Waals surface area contributed by atoms with Crippen LogP contribution in [0.5, 0.6) is 0 Å². The van der Waals surface area contributed by atoms with Crippen molar-refractivity contribution < 1.29 is 0 Å². The molecule has 6 heteroatoms. The molecular weight excluding hydrogens is 673 g/mol. The molecule has 52 heavy (non-hydrogen) atoms. The van der Waals surface area contributed by atoms with E-state index in [1.165, 1.54) is 31.6 Å². The van der Waals surface area contributed by atoms with Gasteiger partial charge in [-0.25, -0.2) is 19.9 Å². The van der Waals surface area contributed by atoms with Crippen molar-refractivity contribution >= 4 is 85.4 Å². The fourth-order valence-electron chi connectivity index (χ4n) is 7.46. The molecule has 11 rings (SSSR count). The molecule has 3 aromatic heterocycles. The van der Waals surface area contributed by atoms with Crippen molar-refractivity contribution in [3.05, 3.63) is 158 Å². The van der Waals surface area contributed by atoms with Gasteiger partial charge in [0.1, 0.15) is 5.01 Å². The monoisotopic (exact) mass is 698 g/mol. The van der Waals surface area contributed by atoms with E-state index < -0.39 is 0 Å².